The lowest BCUT2D eigenvalue weighted by Crippen LogP contribution is -2.12. The molecule has 0 aromatic heterocycles. The van der Waals surface area contributed by atoms with E-state index in [0.717, 1.165) is 29.2 Å². The predicted octanol–water partition coefficient (Wildman–Crippen LogP) is 3.73. The summed E-state index contributed by atoms with van der Waals surface area (Å²) in [7, 11) is 4.07. The van der Waals surface area contributed by atoms with Crippen molar-refractivity contribution in [1.29, 1.82) is 0 Å². The highest BCUT2D eigenvalue weighted by molar-refractivity contribution is 8.13. The third-order valence-corrected chi connectivity index (χ3v) is 4.32. The van der Waals surface area contributed by atoms with Crippen molar-refractivity contribution < 1.29 is 4.74 Å². The van der Waals surface area contributed by atoms with Gasteiger partial charge in [0, 0.05) is 17.9 Å². The van der Waals surface area contributed by atoms with Crippen LogP contribution in [0.1, 0.15) is 23.6 Å². The fourth-order valence-electron chi connectivity index (χ4n) is 2.35. The quantitative estimate of drug-likeness (QED) is 0.437. The molecule has 0 bridgehead atoms. The lowest BCUT2D eigenvalue weighted by Gasteiger charge is -2.14. The number of thioether (sulfide) groups is 1. The molecule has 0 aliphatic heterocycles. The number of amidine groups is 1. The zero-order valence-electron chi connectivity index (χ0n) is 15.6. The number of rotatable bonds is 8. The SMILES string of the molecule is CCOc1ccc(C=NN=C(N)SCc2ccccc2)cc1CN(C)C. The van der Waals surface area contributed by atoms with Gasteiger partial charge in [0.1, 0.15) is 5.75 Å². The lowest BCUT2D eigenvalue weighted by molar-refractivity contribution is 0.325. The van der Waals surface area contributed by atoms with Crippen LogP contribution in [-0.2, 0) is 12.3 Å². The minimum Gasteiger partial charge on any atom is -0.494 e. The fraction of sp³-hybridized carbons (Fsp3) is 0.300. The molecule has 2 N–H and O–H groups in total. The molecule has 138 valence electrons. The van der Waals surface area contributed by atoms with Crippen LogP contribution in [0.4, 0.5) is 0 Å². The van der Waals surface area contributed by atoms with Gasteiger partial charge in [-0.15, -0.1) is 5.10 Å². The van der Waals surface area contributed by atoms with Crippen LogP contribution < -0.4 is 10.5 Å². The van der Waals surface area contributed by atoms with Gasteiger partial charge in [-0.25, -0.2) is 0 Å². The molecule has 2 rings (SSSR count). The molecule has 6 heteroatoms. The largest absolute Gasteiger partial charge is 0.494 e. The van der Waals surface area contributed by atoms with E-state index in [4.69, 9.17) is 10.5 Å². The highest BCUT2D eigenvalue weighted by atomic mass is 32.2. The Hall–Kier alpha value is -2.31. The van der Waals surface area contributed by atoms with Crippen molar-refractivity contribution in [2.24, 2.45) is 15.9 Å². The first kappa shape index (κ1) is 20.0. The molecule has 0 fully saturated rings. The van der Waals surface area contributed by atoms with Gasteiger partial charge in [0.05, 0.1) is 12.8 Å². The molecule has 5 nitrogen and oxygen atoms in total. The van der Waals surface area contributed by atoms with Gasteiger partial charge in [-0.2, -0.15) is 5.10 Å². The summed E-state index contributed by atoms with van der Waals surface area (Å²) in [4.78, 5) is 2.11. The molecule has 0 saturated heterocycles. The van der Waals surface area contributed by atoms with Gasteiger partial charge in [-0.3, -0.25) is 0 Å². The van der Waals surface area contributed by atoms with Crippen molar-refractivity contribution in [2.45, 2.75) is 19.2 Å². The molecular formula is C20H26N4OS. The van der Waals surface area contributed by atoms with Crippen LogP contribution in [0.5, 0.6) is 5.75 Å². The van der Waals surface area contributed by atoms with Gasteiger partial charge in [-0.05, 0) is 50.3 Å². The molecule has 0 unspecified atom stereocenters. The molecule has 2 aromatic carbocycles. The van der Waals surface area contributed by atoms with Crippen molar-refractivity contribution in [3.8, 4) is 5.75 Å². The second kappa shape index (κ2) is 10.6. The summed E-state index contributed by atoms with van der Waals surface area (Å²) in [6.45, 7) is 3.43. The molecule has 0 amide bonds. The lowest BCUT2D eigenvalue weighted by atomic mass is 10.1. The van der Waals surface area contributed by atoms with E-state index in [-0.39, 0.29) is 0 Å². The summed E-state index contributed by atoms with van der Waals surface area (Å²) in [6, 6.07) is 16.2. The summed E-state index contributed by atoms with van der Waals surface area (Å²) in [5.41, 5.74) is 9.21. The predicted molar refractivity (Wildman–Crippen MR) is 112 cm³/mol. The van der Waals surface area contributed by atoms with Crippen LogP contribution in [0, 0.1) is 0 Å². The van der Waals surface area contributed by atoms with E-state index in [1.807, 2.05) is 51.4 Å². The van der Waals surface area contributed by atoms with E-state index in [1.54, 1.807) is 6.21 Å². The van der Waals surface area contributed by atoms with E-state index in [9.17, 15) is 0 Å². The average molecular weight is 371 g/mol. The molecule has 26 heavy (non-hydrogen) atoms. The topological polar surface area (TPSA) is 63.2 Å². The Labute approximate surface area is 160 Å². The van der Waals surface area contributed by atoms with Gasteiger partial charge in [0.2, 0.25) is 0 Å². The van der Waals surface area contributed by atoms with Crippen molar-refractivity contribution in [3.05, 3.63) is 65.2 Å². The maximum Gasteiger partial charge on any atom is 0.180 e. The van der Waals surface area contributed by atoms with Crippen LogP contribution in [0.15, 0.2) is 58.7 Å². The minimum absolute atomic E-state index is 0.449. The second-order valence-electron chi connectivity index (χ2n) is 6.00. The van der Waals surface area contributed by atoms with E-state index in [0.29, 0.717) is 11.8 Å². The first-order chi connectivity index (χ1) is 12.6. The molecule has 0 radical (unpaired) electrons. The van der Waals surface area contributed by atoms with Gasteiger partial charge in [0.25, 0.3) is 0 Å². The Morgan fingerprint density at radius 1 is 1.19 bits per heavy atom. The van der Waals surface area contributed by atoms with Crippen molar-refractivity contribution >= 4 is 23.1 Å². The zero-order chi connectivity index (χ0) is 18.8. The first-order valence-corrected chi connectivity index (χ1v) is 9.50. The highest BCUT2D eigenvalue weighted by Crippen LogP contribution is 2.21. The fourth-order valence-corrected chi connectivity index (χ4v) is 2.96. The molecule has 0 heterocycles. The van der Waals surface area contributed by atoms with E-state index in [1.165, 1.54) is 17.3 Å². The molecule has 0 atom stereocenters. The van der Waals surface area contributed by atoms with Gasteiger partial charge < -0.3 is 15.4 Å². The Kier molecular flexibility index (Phi) is 8.18. The summed E-state index contributed by atoms with van der Waals surface area (Å²) in [5, 5.41) is 8.63. The van der Waals surface area contributed by atoms with Crippen LogP contribution in [-0.4, -0.2) is 37.0 Å². The number of benzene rings is 2. The molecular weight excluding hydrogens is 344 g/mol. The number of hydrogen-bond donors (Lipinski definition) is 1. The monoisotopic (exact) mass is 370 g/mol. The van der Waals surface area contributed by atoms with E-state index < -0.39 is 0 Å². The number of hydrogen-bond acceptors (Lipinski definition) is 5. The average Bonchev–Trinajstić information content (AvgIpc) is 2.62. The van der Waals surface area contributed by atoms with Crippen LogP contribution in [0.25, 0.3) is 0 Å². The van der Waals surface area contributed by atoms with Crippen molar-refractivity contribution in [1.82, 2.24) is 4.90 Å². The smallest absolute Gasteiger partial charge is 0.180 e. The number of ether oxygens (including phenoxy) is 1. The minimum atomic E-state index is 0.449. The summed E-state index contributed by atoms with van der Waals surface area (Å²) >= 11 is 1.47. The molecule has 0 saturated carbocycles. The van der Waals surface area contributed by atoms with Gasteiger partial charge >= 0.3 is 0 Å². The van der Waals surface area contributed by atoms with Crippen LogP contribution >= 0.6 is 11.8 Å². The number of nitrogens with zero attached hydrogens (tertiary/aromatic N) is 3. The Balaban J connectivity index is 1.99. The number of nitrogens with two attached hydrogens (primary N) is 1. The maximum absolute atomic E-state index is 5.92. The molecule has 2 aromatic rings. The van der Waals surface area contributed by atoms with Crippen LogP contribution in [0.2, 0.25) is 0 Å². The first-order valence-electron chi connectivity index (χ1n) is 8.52. The van der Waals surface area contributed by atoms with E-state index >= 15 is 0 Å². The van der Waals surface area contributed by atoms with Crippen molar-refractivity contribution in [2.75, 3.05) is 20.7 Å². The molecule has 0 aliphatic carbocycles. The Morgan fingerprint density at radius 3 is 2.65 bits per heavy atom. The second-order valence-corrected chi connectivity index (χ2v) is 6.99. The Morgan fingerprint density at radius 2 is 1.96 bits per heavy atom. The summed E-state index contributed by atoms with van der Waals surface area (Å²) < 4.78 is 5.69. The third kappa shape index (κ3) is 6.90. The van der Waals surface area contributed by atoms with Gasteiger partial charge in [0.15, 0.2) is 5.17 Å². The standard InChI is InChI=1S/C20H26N4OS/c1-4-25-19-11-10-17(12-18(19)14-24(2)3)13-22-23-20(21)26-15-16-8-6-5-7-9-16/h5-13H,4,14-15H2,1-3H3,(H2,21,23). The summed E-state index contributed by atoms with van der Waals surface area (Å²) in [6.07, 6.45) is 1.71. The molecule has 0 spiro atoms. The molecule has 0 aliphatic rings. The highest BCUT2D eigenvalue weighted by Gasteiger charge is 2.05. The normalized spacial score (nSPS) is 12.1. The summed E-state index contributed by atoms with van der Waals surface area (Å²) in [5.74, 6) is 1.68. The Bertz CT molecular complexity index is 745. The van der Waals surface area contributed by atoms with Crippen molar-refractivity contribution in [3.63, 3.8) is 0 Å². The third-order valence-electron chi connectivity index (χ3n) is 3.46. The van der Waals surface area contributed by atoms with Gasteiger partial charge in [-0.1, -0.05) is 42.1 Å². The van der Waals surface area contributed by atoms with E-state index in [2.05, 4.69) is 33.3 Å². The maximum atomic E-state index is 5.92. The zero-order valence-corrected chi connectivity index (χ0v) is 16.4. The van der Waals surface area contributed by atoms with Crippen LogP contribution in [0.3, 0.4) is 0 Å².